The van der Waals surface area contributed by atoms with Crippen LogP contribution < -0.4 is 5.32 Å². The third kappa shape index (κ3) is 6.07. The van der Waals surface area contributed by atoms with Gasteiger partial charge in [-0.3, -0.25) is 9.88 Å². The van der Waals surface area contributed by atoms with Gasteiger partial charge in [0.1, 0.15) is 0 Å². The highest BCUT2D eigenvalue weighted by Gasteiger charge is 2.36. The molecule has 1 saturated heterocycles. The Labute approximate surface area is 243 Å². The lowest BCUT2D eigenvalue weighted by Gasteiger charge is -2.39. The lowest BCUT2D eigenvalue weighted by molar-refractivity contribution is 0.0513. The Morgan fingerprint density at radius 3 is 2.66 bits per heavy atom. The Hall–Kier alpha value is -3.91. The summed E-state index contributed by atoms with van der Waals surface area (Å²) >= 11 is 0. The van der Waals surface area contributed by atoms with E-state index in [-0.39, 0.29) is 24.3 Å². The van der Waals surface area contributed by atoms with Crippen LogP contribution in [0.5, 0.6) is 0 Å². The van der Waals surface area contributed by atoms with Crippen molar-refractivity contribution in [3.8, 4) is 0 Å². The third-order valence-electron chi connectivity index (χ3n) is 7.89. The van der Waals surface area contributed by atoms with Crippen molar-refractivity contribution in [1.29, 1.82) is 0 Å². The number of ether oxygens (including phenoxy) is 1. The van der Waals surface area contributed by atoms with E-state index in [1.54, 1.807) is 0 Å². The van der Waals surface area contributed by atoms with E-state index in [4.69, 9.17) is 9.72 Å². The van der Waals surface area contributed by atoms with Gasteiger partial charge in [0.2, 0.25) is 0 Å². The monoisotopic (exact) mass is 554 g/mol. The molecular weight excluding hydrogens is 512 g/mol. The second kappa shape index (κ2) is 12.3. The van der Waals surface area contributed by atoms with Gasteiger partial charge in [-0.2, -0.15) is 0 Å². The summed E-state index contributed by atoms with van der Waals surface area (Å²) in [5, 5.41) is 3.76. The molecule has 3 aromatic rings. The van der Waals surface area contributed by atoms with Gasteiger partial charge in [-0.25, -0.2) is 9.78 Å². The van der Waals surface area contributed by atoms with Crippen LogP contribution in [-0.2, 0) is 11.8 Å². The van der Waals surface area contributed by atoms with Gasteiger partial charge in [0.05, 0.1) is 42.1 Å². The van der Waals surface area contributed by atoms with Crippen LogP contribution in [0.25, 0.3) is 11.6 Å². The summed E-state index contributed by atoms with van der Waals surface area (Å²) in [7, 11) is 2.04. The molecule has 8 heteroatoms. The van der Waals surface area contributed by atoms with E-state index < -0.39 is 0 Å². The van der Waals surface area contributed by atoms with E-state index in [2.05, 4.69) is 70.5 Å². The van der Waals surface area contributed by atoms with Crippen molar-refractivity contribution in [2.75, 3.05) is 26.2 Å². The number of carbonyl (C=O) groups excluding carboxylic acids is 1. The summed E-state index contributed by atoms with van der Waals surface area (Å²) < 4.78 is 7.56. The van der Waals surface area contributed by atoms with E-state index in [1.165, 1.54) is 22.3 Å². The van der Waals surface area contributed by atoms with Crippen LogP contribution in [0.15, 0.2) is 61.3 Å². The average molecular weight is 555 g/mol. The second-order valence-electron chi connectivity index (χ2n) is 11.4. The Morgan fingerprint density at radius 1 is 1.20 bits per heavy atom. The van der Waals surface area contributed by atoms with Gasteiger partial charge in [-0.15, -0.1) is 0 Å². The molecule has 2 aromatic heterocycles. The van der Waals surface area contributed by atoms with Crippen LogP contribution in [0.4, 0.5) is 4.79 Å². The number of nitrogens with one attached hydrogen (secondary N) is 1. The number of allylic oxidation sites excluding steroid dienone is 1. The molecule has 0 spiro atoms. The van der Waals surface area contributed by atoms with Crippen molar-refractivity contribution >= 4 is 17.7 Å². The molecule has 0 radical (unpaired) electrons. The maximum Gasteiger partial charge on any atom is 0.410 e. The fourth-order valence-corrected chi connectivity index (χ4v) is 5.91. The van der Waals surface area contributed by atoms with Crippen molar-refractivity contribution in [1.82, 2.24) is 29.7 Å². The predicted molar refractivity (Wildman–Crippen MR) is 163 cm³/mol. The molecule has 0 saturated carbocycles. The first-order valence-corrected chi connectivity index (χ1v) is 14.6. The number of imidazole rings is 1. The highest BCUT2D eigenvalue weighted by molar-refractivity contribution is 5.89. The number of benzene rings is 1. The number of rotatable bonds is 8. The highest BCUT2D eigenvalue weighted by Crippen LogP contribution is 2.44. The van der Waals surface area contributed by atoms with Crippen LogP contribution >= 0.6 is 0 Å². The Morgan fingerprint density at radius 2 is 1.98 bits per heavy atom. The number of fused-ring (bicyclic) bond motifs is 2. The van der Waals surface area contributed by atoms with Gasteiger partial charge in [0.25, 0.3) is 0 Å². The Balaban J connectivity index is 1.59. The maximum absolute atomic E-state index is 12.6. The second-order valence-corrected chi connectivity index (χ2v) is 11.4. The van der Waals surface area contributed by atoms with Crippen molar-refractivity contribution < 1.29 is 9.53 Å². The molecule has 1 aromatic carbocycles. The quantitative estimate of drug-likeness (QED) is 0.375. The minimum atomic E-state index is -0.239. The average Bonchev–Trinajstić information content (AvgIpc) is 3.31. The van der Waals surface area contributed by atoms with E-state index in [0.717, 1.165) is 48.6 Å². The molecule has 41 heavy (non-hydrogen) atoms. The third-order valence-corrected chi connectivity index (χ3v) is 7.89. The van der Waals surface area contributed by atoms with E-state index in [0.29, 0.717) is 13.1 Å². The molecule has 8 nitrogen and oxygen atoms in total. The summed E-state index contributed by atoms with van der Waals surface area (Å²) in [6.07, 6.45) is 9.51. The predicted octanol–water partition coefficient (Wildman–Crippen LogP) is 5.87. The van der Waals surface area contributed by atoms with Crippen LogP contribution in [0.3, 0.4) is 0 Å². The minimum Gasteiger partial charge on any atom is -0.447 e. The summed E-state index contributed by atoms with van der Waals surface area (Å²) in [5.74, 6) is 0. The SMILES string of the molecule is C=C(CCC)NC(C1=Cc2cccnc2C(N2CCN(C(=O)OC(C)C)CC2)c2ccc(C)cc21)c1cncn1C. The molecule has 5 rings (SSSR count). The molecule has 0 bridgehead atoms. The number of hydrogen-bond donors (Lipinski definition) is 1. The highest BCUT2D eigenvalue weighted by atomic mass is 16.6. The number of aryl methyl sites for hydroxylation is 2. The summed E-state index contributed by atoms with van der Waals surface area (Å²) in [6, 6.07) is 10.7. The number of amides is 1. The van der Waals surface area contributed by atoms with Gasteiger partial charge in [-0.05, 0) is 61.6 Å². The summed E-state index contributed by atoms with van der Waals surface area (Å²) in [5.41, 5.74) is 8.97. The number of nitrogens with zero attached hydrogens (tertiary/aromatic N) is 5. The van der Waals surface area contributed by atoms with Gasteiger partial charge in [0, 0.05) is 45.1 Å². The summed E-state index contributed by atoms with van der Waals surface area (Å²) in [4.78, 5) is 26.3. The zero-order valence-corrected chi connectivity index (χ0v) is 24.9. The molecule has 1 aliphatic heterocycles. The lowest BCUT2D eigenvalue weighted by atomic mass is 9.88. The first kappa shape index (κ1) is 28.6. The lowest BCUT2D eigenvalue weighted by Crippen LogP contribution is -2.50. The fourth-order valence-electron chi connectivity index (χ4n) is 5.91. The van der Waals surface area contributed by atoms with E-state index in [9.17, 15) is 4.79 Å². The minimum absolute atomic E-state index is 0.0511. The molecule has 1 aliphatic carbocycles. The largest absolute Gasteiger partial charge is 0.447 e. The smallest absolute Gasteiger partial charge is 0.410 e. The summed E-state index contributed by atoms with van der Waals surface area (Å²) in [6.45, 7) is 15.1. The number of carbonyl (C=O) groups is 1. The first-order valence-electron chi connectivity index (χ1n) is 14.6. The Kier molecular flexibility index (Phi) is 8.59. The van der Waals surface area contributed by atoms with Crippen molar-refractivity contribution in [3.05, 3.63) is 95.0 Å². The number of piperazine rings is 1. The van der Waals surface area contributed by atoms with Crippen LogP contribution in [0.2, 0.25) is 0 Å². The van der Waals surface area contributed by atoms with E-state index >= 15 is 0 Å². The van der Waals surface area contributed by atoms with Gasteiger partial charge < -0.3 is 19.5 Å². The number of aromatic nitrogens is 3. The van der Waals surface area contributed by atoms with Gasteiger partial charge in [-0.1, -0.05) is 49.8 Å². The van der Waals surface area contributed by atoms with Crippen LogP contribution in [0.1, 0.15) is 79.3 Å². The maximum atomic E-state index is 12.6. The zero-order valence-electron chi connectivity index (χ0n) is 24.9. The molecule has 1 N–H and O–H groups in total. The molecule has 2 unspecified atom stereocenters. The van der Waals surface area contributed by atoms with Gasteiger partial charge in [0.15, 0.2) is 0 Å². The van der Waals surface area contributed by atoms with E-state index in [1.807, 2.05) is 50.6 Å². The molecular formula is C33H42N6O2. The van der Waals surface area contributed by atoms with Crippen molar-refractivity contribution in [2.45, 2.75) is 58.7 Å². The molecule has 2 atom stereocenters. The number of hydrogen-bond acceptors (Lipinski definition) is 6. The first-order chi connectivity index (χ1) is 19.8. The number of pyridine rings is 1. The normalized spacial score (nSPS) is 17.8. The van der Waals surface area contributed by atoms with Crippen LogP contribution in [-0.4, -0.2) is 62.7 Å². The van der Waals surface area contributed by atoms with Crippen molar-refractivity contribution in [3.63, 3.8) is 0 Å². The molecule has 3 heterocycles. The fraction of sp³-hybridized carbons (Fsp3) is 0.424. The van der Waals surface area contributed by atoms with Gasteiger partial charge >= 0.3 is 6.09 Å². The molecule has 1 fully saturated rings. The standard InChI is InChI=1S/C33H42N6O2/c1-7-9-24(5)36-31(29-20-34-21-37(29)6)28-19-25-10-8-13-35-30(25)32(26-12-11-23(4)18-27(26)28)38-14-16-39(17-15-38)33(40)41-22(2)3/h8,10-13,18-22,31-32,36H,5,7,9,14-17H2,1-4,6H3. The van der Waals surface area contributed by atoms with Crippen molar-refractivity contribution in [2.24, 2.45) is 7.05 Å². The Bertz CT molecular complexity index is 1430. The molecule has 216 valence electrons. The zero-order chi connectivity index (χ0) is 29.1. The molecule has 1 amide bonds. The topological polar surface area (TPSA) is 75.5 Å². The van der Waals surface area contributed by atoms with Crippen LogP contribution in [0, 0.1) is 6.92 Å². The molecule has 2 aliphatic rings.